The molecule has 3 aromatic rings. The molecular formula is C25H34N6O3. The van der Waals surface area contributed by atoms with Crippen molar-refractivity contribution in [2.24, 2.45) is 0 Å². The fourth-order valence-corrected chi connectivity index (χ4v) is 5.22. The summed E-state index contributed by atoms with van der Waals surface area (Å²) in [7, 11) is 0. The molecule has 0 amide bonds. The number of fused-ring (bicyclic) bond motifs is 1. The molecule has 182 valence electrons. The van der Waals surface area contributed by atoms with E-state index in [-0.39, 0.29) is 11.7 Å². The van der Waals surface area contributed by atoms with E-state index in [0.717, 1.165) is 60.3 Å². The van der Waals surface area contributed by atoms with Crippen molar-refractivity contribution in [1.82, 2.24) is 30.1 Å². The third-order valence-electron chi connectivity index (χ3n) is 7.02. The number of pyridine rings is 1. The maximum atomic E-state index is 13.0. The first-order valence-electron chi connectivity index (χ1n) is 12.6. The maximum absolute atomic E-state index is 13.0. The highest BCUT2D eigenvalue weighted by Gasteiger charge is 2.26. The molecule has 1 aliphatic carbocycles. The second-order valence-electron chi connectivity index (χ2n) is 9.41. The molecule has 1 saturated heterocycles. The van der Waals surface area contributed by atoms with Gasteiger partial charge in [-0.05, 0) is 67.3 Å². The van der Waals surface area contributed by atoms with Crippen molar-refractivity contribution in [3.8, 4) is 5.75 Å². The van der Waals surface area contributed by atoms with Gasteiger partial charge < -0.3 is 14.5 Å². The summed E-state index contributed by atoms with van der Waals surface area (Å²) < 4.78 is 13.3. The highest BCUT2D eigenvalue weighted by atomic mass is 16.5. The summed E-state index contributed by atoms with van der Waals surface area (Å²) in [5, 5.41) is 13.5. The maximum Gasteiger partial charge on any atom is 0.252 e. The Hall–Kier alpha value is -2.78. The molecule has 0 spiro atoms. The molecule has 0 radical (unpaired) electrons. The Morgan fingerprint density at radius 2 is 2.03 bits per heavy atom. The molecule has 34 heavy (non-hydrogen) atoms. The van der Waals surface area contributed by atoms with Crippen LogP contribution in [0.1, 0.15) is 63.3 Å². The summed E-state index contributed by atoms with van der Waals surface area (Å²) in [6.45, 7) is 5.24. The molecule has 0 bridgehead atoms. The molecule has 1 aromatic carbocycles. The van der Waals surface area contributed by atoms with E-state index in [4.69, 9.17) is 9.47 Å². The van der Waals surface area contributed by atoms with Crippen LogP contribution in [0.4, 0.5) is 0 Å². The Bertz CT molecular complexity index is 1150. The van der Waals surface area contributed by atoms with Crippen LogP contribution in [0.25, 0.3) is 10.9 Å². The first-order valence-corrected chi connectivity index (χ1v) is 12.6. The van der Waals surface area contributed by atoms with E-state index in [1.165, 1.54) is 19.3 Å². The minimum atomic E-state index is -0.0450. The zero-order valence-corrected chi connectivity index (χ0v) is 19.9. The largest absolute Gasteiger partial charge is 0.494 e. The van der Waals surface area contributed by atoms with Crippen LogP contribution in [-0.2, 0) is 24.4 Å². The molecule has 1 atom stereocenters. The van der Waals surface area contributed by atoms with Gasteiger partial charge in [-0.15, -0.1) is 5.10 Å². The Kier molecular flexibility index (Phi) is 7.20. The average Bonchev–Trinajstić information content (AvgIpc) is 3.53. The van der Waals surface area contributed by atoms with E-state index in [1.807, 2.05) is 35.9 Å². The molecule has 9 heteroatoms. The Balaban J connectivity index is 1.40. The van der Waals surface area contributed by atoms with Gasteiger partial charge in [-0.3, -0.25) is 9.69 Å². The van der Waals surface area contributed by atoms with E-state index < -0.39 is 0 Å². The van der Waals surface area contributed by atoms with Gasteiger partial charge in [0.15, 0.2) is 5.82 Å². The van der Waals surface area contributed by atoms with E-state index in [0.29, 0.717) is 32.3 Å². The van der Waals surface area contributed by atoms with Crippen molar-refractivity contribution in [3.63, 3.8) is 0 Å². The molecule has 9 nitrogen and oxygen atoms in total. The molecule has 0 unspecified atom stereocenters. The molecule has 1 saturated carbocycles. The number of benzene rings is 1. The first-order chi connectivity index (χ1) is 16.7. The van der Waals surface area contributed by atoms with Crippen LogP contribution < -0.4 is 10.3 Å². The second kappa shape index (κ2) is 10.7. The number of nitrogens with one attached hydrogen (secondary N) is 1. The second-order valence-corrected chi connectivity index (χ2v) is 9.41. The number of hydrogen-bond acceptors (Lipinski definition) is 7. The van der Waals surface area contributed by atoms with Crippen LogP contribution in [-0.4, -0.2) is 55.5 Å². The normalized spacial score (nSPS) is 19.3. The number of H-pyrrole nitrogens is 1. The third kappa shape index (κ3) is 5.31. The lowest BCUT2D eigenvalue weighted by molar-refractivity contribution is 0.0893. The molecule has 2 aromatic heterocycles. The van der Waals surface area contributed by atoms with Gasteiger partial charge in [-0.2, -0.15) is 0 Å². The van der Waals surface area contributed by atoms with Crippen LogP contribution in [0.5, 0.6) is 5.75 Å². The van der Waals surface area contributed by atoms with Crippen molar-refractivity contribution in [2.75, 3.05) is 13.2 Å². The lowest BCUT2D eigenvalue weighted by Crippen LogP contribution is -2.38. The standard InChI is InChI=1S/C25H34N6O3/c1-2-33-21-10-11-23-18(14-21)13-19(25(32)26-23)15-30(20-7-4-3-5-8-20)17-24-27-28-29-31(24)16-22-9-6-12-34-22/h10-11,13-14,20,22H,2-9,12,15-17H2,1H3,(H,26,32)/t22-/m1/s1. The van der Waals surface area contributed by atoms with Gasteiger partial charge in [0, 0.05) is 35.7 Å². The minimum Gasteiger partial charge on any atom is -0.494 e. The fraction of sp³-hybridized carbons (Fsp3) is 0.600. The first kappa shape index (κ1) is 23.0. The van der Waals surface area contributed by atoms with E-state index in [2.05, 4.69) is 25.4 Å². The molecule has 1 N–H and O–H groups in total. The molecule has 3 heterocycles. The topological polar surface area (TPSA) is 98.2 Å². The molecule has 2 aliphatic rings. The zero-order chi connectivity index (χ0) is 23.3. The molecule has 5 rings (SSSR count). The minimum absolute atomic E-state index is 0.0450. The van der Waals surface area contributed by atoms with Gasteiger partial charge in [0.05, 0.1) is 25.8 Å². The number of tetrazole rings is 1. The van der Waals surface area contributed by atoms with Crippen LogP contribution in [0.15, 0.2) is 29.1 Å². The van der Waals surface area contributed by atoms with Crippen LogP contribution in [0.3, 0.4) is 0 Å². The molecule has 1 aliphatic heterocycles. The van der Waals surface area contributed by atoms with E-state index in [1.54, 1.807) is 0 Å². The highest BCUT2D eigenvalue weighted by Crippen LogP contribution is 2.26. The fourth-order valence-electron chi connectivity index (χ4n) is 5.22. The van der Waals surface area contributed by atoms with Crippen molar-refractivity contribution in [3.05, 3.63) is 46.0 Å². The predicted octanol–water partition coefficient (Wildman–Crippen LogP) is 3.43. The summed E-state index contributed by atoms with van der Waals surface area (Å²) in [4.78, 5) is 18.4. The Morgan fingerprint density at radius 3 is 2.82 bits per heavy atom. The van der Waals surface area contributed by atoms with Crippen molar-refractivity contribution < 1.29 is 9.47 Å². The summed E-state index contributed by atoms with van der Waals surface area (Å²) >= 11 is 0. The number of rotatable bonds is 9. The number of aromatic amines is 1. The number of nitrogens with zero attached hydrogens (tertiary/aromatic N) is 5. The van der Waals surface area contributed by atoms with Gasteiger partial charge in [-0.25, -0.2) is 4.68 Å². The molecular weight excluding hydrogens is 432 g/mol. The van der Waals surface area contributed by atoms with Crippen molar-refractivity contribution in [2.45, 2.75) is 83.6 Å². The van der Waals surface area contributed by atoms with Gasteiger partial charge in [-0.1, -0.05) is 19.3 Å². The highest BCUT2D eigenvalue weighted by molar-refractivity contribution is 5.80. The zero-order valence-electron chi connectivity index (χ0n) is 19.9. The summed E-state index contributed by atoms with van der Waals surface area (Å²) in [6, 6.07) is 8.20. The third-order valence-corrected chi connectivity index (χ3v) is 7.02. The van der Waals surface area contributed by atoms with Crippen molar-refractivity contribution in [1.29, 1.82) is 0 Å². The lowest BCUT2D eigenvalue weighted by Gasteiger charge is -2.34. The number of aromatic nitrogens is 5. The van der Waals surface area contributed by atoms with Crippen LogP contribution in [0.2, 0.25) is 0 Å². The summed E-state index contributed by atoms with van der Waals surface area (Å²) in [5.41, 5.74) is 1.53. The summed E-state index contributed by atoms with van der Waals surface area (Å²) in [6.07, 6.45) is 8.28. The van der Waals surface area contributed by atoms with E-state index >= 15 is 0 Å². The van der Waals surface area contributed by atoms with Gasteiger partial charge in [0.1, 0.15) is 5.75 Å². The van der Waals surface area contributed by atoms with Gasteiger partial charge in [0.2, 0.25) is 0 Å². The quantitative estimate of drug-likeness (QED) is 0.516. The van der Waals surface area contributed by atoms with Gasteiger partial charge in [0.25, 0.3) is 5.56 Å². The Morgan fingerprint density at radius 1 is 1.15 bits per heavy atom. The monoisotopic (exact) mass is 466 g/mol. The van der Waals surface area contributed by atoms with Crippen LogP contribution >= 0.6 is 0 Å². The van der Waals surface area contributed by atoms with Crippen LogP contribution in [0, 0.1) is 0 Å². The number of ether oxygens (including phenoxy) is 2. The Labute approximate surface area is 199 Å². The lowest BCUT2D eigenvalue weighted by atomic mass is 9.93. The van der Waals surface area contributed by atoms with Crippen molar-refractivity contribution >= 4 is 10.9 Å². The average molecular weight is 467 g/mol. The van der Waals surface area contributed by atoms with E-state index in [9.17, 15) is 4.79 Å². The smallest absolute Gasteiger partial charge is 0.252 e. The predicted molar refractivity (Wildman–Crippen MR) is 129 cm³/mol. The van der Waals surface area contributed by atoms with Gasteiger partial charge >= 0.3 is 0 Å². The SMILES string of the molecule is CCOc1ccc2[nH]c(=O)c(CN(Cc3nnnn3C[C@H]3CCCO3)C3CCCCC3)cc2c1. The molecule has 2 fully saturated rings. The number of hydrogen-bond donors (Lipinski definition) is 1. The summed E-state index contributed by atoms with van der Waals surface area (Å²) in [5.74, 6) is 1.64.